The van der Waals surface area contributed by atoms with Gasteiger partial charge >= 0.3 is 0 Å². The van der Waals surface area contributed by atoms with E-state index in [0.717, 1.165) is 5.56 Å². The zero-order chi connectivity index (χ0) is 23.4. The third-order valence-corrected chi connectivity index (χ3v) is 4.66. The highest BCUT2D eigenvalue weighted by atomic mass is 16.5. The summed E-state index contributed by atoms with van der Waals surface area (Å²) in [5.74, 6) is 2.49. The van der Waals surface area contributed by atoms with E-state index in [1.165, 1.54) is 4.68 Å². The first-order valence-electron chi connectivity index (χ1n) is 9.87. The fraction of sp³-hybridized carbons (Fsp3) is 0.381. The summed E-state index contributed by atoms with van der Waals surface area (Å²) in [7, 11) is 12.3. The molecule has 1 aromatic carbocycles. The van der Waals surface area contributed by atoms with Crippen LogP contribution < -0.4 is 24.6 Å². The van der Waals surface area contributed by atoms with Crippen LogP contribution in [0.4, 0.5) is 11.9 Å². The Kier molecular flexibility index (Phi) is 6.76. The number of nitrogens with zero attached hydrogens (tertiary/aromatic N) is 7. The molecule has 2 heterocycles. The predicted octanol–water partition coefficient (Wildman–Crippen LogP) is 1.35. The molecule has 0 aliphatic rings. The van der Waals surface area contributed by atoms with E-state index in [1.54, 1.807) is 49.3 Å². The van der Waals surface area contributed by atoms with Crippen LogP contribution in [0.3, 0.4) is 0 Å². The van der Waals surface area contributed by atoms with Crippen molar-refractivity contribution in [1.29, 1.82) is 0 Å². The van der Waals surface area contributed by atoms with Gasteiger partial charge in [0.05, 0.1) is 26.5 Å². The topological polar surface area (TPSA) is 111 Å². The number of aryl methyl sites for hydroxylation is 1. The molecule has 0 bridgehead atoms. The number of hydrogen-bond donors (Lipinski definition) is 1. The predicted molar refractivity (Wildman–Crippen MR) is 121 cm³/mol. The number of hydrogen-bond acceptors (Lipinski definition) is 9. The molecule has 0 unspecified atom stereocenters. The maximum Gasteiger partial charge on any atom is 0.269 e. The molecule has 0 fully saturated rings. The maximum atomic E-state index is 12.9. The van der Waals surface area contributed by atoms with Crippen molar-refractivity contribution in [2.45, 2.75) is 6.54 Å². The minimum Gasteiger partial charge on any atom is -0.497 e. The highest BCUT2D eigenvalue weighted by Gasteiger charge is 2.18. The van der Waals surface area contributed by atoms with Gasteiger partial charge in [-0.1, -0.05) is 0 Å². The molecule has 11 heteroatoms. The number of rotatable bonds is 8. The molecule has 1 amide bonds. The Bertz CT molecular complexity index is 1080. The molecule has 0 saturated carbocycles. The number of ether oxygens (including phenoxy) is 2. The van der Waals surface area contributed by atoms with Gasteiger partial charge in [-0.3, -0.25) is 9.48 Å². The number of carbonyl (C=O) groups excluding carboxylic acids is 1. The van der Waals surface area contributed by atoms with Crippen LogP contribution in [0.15, 0.2) is 24.3 Å². The molecule has 0 aliphatic heterocycles. The second kappa shape index (κ2) is 9.50. The van der Waals surface area contributed by atoms with E-state index >= 15 is 0 Å². The van der Waals surface area contributed by atoms with E-state index in [9.17, 15) is 4.79 Å². The normalized spacial score (nSPS) is 10.6. The molecule has 0 aliphatic carbocycles. The summed E-state index contributed by atoms with van der Waals surface area (Å²) in [6, 6.07) is 7.13. The number of amides is 1. The molecular formula is C21H28N8O3. The Morgan fingerprint density at radius 2 is 1.66 bits per heavy atom. The summed E-state index contributed by atoms with van der Waals surface area (Å²) in [5, 5.41) is 7.34. The summed E-state index contributed by atoms with van der Waals surface area (Å²) in [4.78, 5) is 29.6. The molecule has 0 radical (unpaired) electrons. The SMILES string of the molecule is COc1ccc(OC)c(-c2cc(C(=O)NCc3nc(N(C)C)nc(N(C)C)n3)n(C)n2)c1. The van der Waals surface area contributed by atoms with E-state index in [2.05, 4.69) is 25.4 Å². The average Bonchev–Trinajstić information content (AvgIpc) is 3.18. The lowest BCUT2D eigenvalue weighted by molar-refractivity contribution is 0.0940. The van der Waals surface area contributed by atoms with E-state index in [-0.39, 0.29) is 12.5 Å². The third kappa shape index (κ3) is 4.88. The monoisotopic (exact) mass is 440 g/mol. The van der Waals surface area contributed by atoms with Gasteiger partial charge in [0.2, 0.25) is 11.9 Å². The number of benzene rings is 1. The molecule has 170 valence electrons. The number of anilines is 2. The van der Waals surface area contributed by atoms with Crippen LogP contribution in [-0.2, 0) is 13.6 Å². The minimum atomic E-state index is -0.300. The molecule has 0 saturated heterocycles. The first kappa shape index (κ1) is 22.8. The number of nitrogens with one attached hydrogen (secondary N) is 1. The maximum absolute atomic E-state index is 12.9. The standard InChI is InChI=1S/C21H28N8O3/c1-27(2)20-23-18(24-21(25-20)28(3)4)12-22-19(30)16-11-15(26-29(16)5)14-10-13(31-6)8-9-17(14)32-7/h8-11H,12H2,1-7H3,(H,22,30). The lowest BCUT2D eigenvalue weighted by atomic mass is 10.1. The van der Waals surface area contributed by atoms with Crippen molar-refractivity contribution in [3.63, 3.8) is 0 Å². The van der Waals surface area contributed by atoms with Crippen molar-refractivity contribution in [1.82, 2.24) is 30.0 Å². The molecule has 0 atom stereocenters. The number of methoxy groups -OCH3 is 2. The molecule has 0 spiro atoms. The van der Waals surface area contributed by atoms with Crippen LogP contribution in [-0.4, -0.2) is 73.0 Å². The van der Waals surface area contributed by atoms with Gasteiger partial charge in [0.25, 0.3) is 5.91 Å². The zero-order valence-electron chi connectivity index (χ0n) is 19.4. The Balaban J connectivity index is 1.83. The lowest BCUT2D eigenvalue weighted by Crippen LogP contribution is -2.27. The molecule has 32 heavy (non-hydrogen) atoms. The second-order valence-corrected chi connectivity index (χ2v) is 7.43. The Morgan fingerprint density at radius 3 is 2.22 bits per heavy atom. The fourth-order valence-corrected chi connectivity index (χ4v) is 2.95. The van der Waals surface area contributed by atoms with E-state index in [1.807, 2.05) is 34.3 Å². The molecule has 3 aromatic rings. The Morgan fingerprint density at radius 1 is 1.00 bits per heavy atom. The first-order valence-corrected chi connectivity index (χ1v) is 9.87. The van der Waals surface area contributed by atoms with Crippen LogP contribution in [0.1, 0.15) is 16.3 Å². The van der Waals surface area contributed by atoms with Crippen molar-refractivity contribution in [3.8, 4) is 22.8 Å². The van der Waals surface area contributed by atoms with Crippen LogP contribution in [0.25, 0.3) is 11.3 Å². The van der Waals surface area contributed by atoms with E-state index < -0.39 is 0 Å². The van der Waals surface area contributed by atoms with Gasteiger partial charge in [0.1, 0.15) is 17.2 Å². The van der Waals surface area contributed by atoms with Crippen LogP contribution in [0.2, 0.25) is 0 Å². The van der Waals surface area contributed by atoms with E-state index in [0.29, 0.717) is 40.6 Å². The molecule has 2 aromatic heterocycles. The van der Waals surface area contributed by atoms with Gasteiger partial charge in [0, 0.05) is 40.8 Å². The average molecular weight is 441 g/mol. The van der Waals surface area contributed by atoms with Crippen LogP contribution >= 0.6 is 0 Å². The third-order valence-electron chi connectivity index (χ3n) is 4.66. The summed E-state index contributed by atoms with van der Waals surface area (Å²) in [6.07, 6.45) is 0. The van der Waals surface area contributed by atoms with Crippen molar-refractivity contribution < 1.29 is 14.3 Å². The van der Waals surface area contributed by atoms with Crippen molar-refractivity contribution >= 4 is 17.8 Å². The smallest absolute Gasteiger partial charge is 0.269 e. The highest BCUT2D eigenvalue weighted by molar-refractivity contribution is 5.93. The van der Waals surface area contributed by atoms with Gasteiger partial charge in [0.15, 0.2) is 5.82 Å². The van der Waals surface area contributed by atoms with Gasteiger partial charge in [-0.2, -0.15) is 20.1 Å². The van der Waals surface area contributed by atoms with Crippen molar-refractivity contribution in [2.75, 3.05) is 52.2 Å². The van der Waals surface area contributed by atoms with Crippen LogP contribution in [0.5, 0.6) is 11.5 Å². The Hall–Kier alpha value is -3.89. The fourth-order valence-electron chi connectivity index (χ4n) is 2.95. The summed E-state index contributed by atoms with van der Waals surface area (Å²) in [5.41, 5.74) is 1.71. The summed E-state index contributed by atoms with van der Waals surface area (Å²) < 4.78 is 12.3. The molecule has 3 rings (SSSR count). The molecule has 1 N–H and O–H groups in total. The first-order chi connectivity index (χ1) is 15.2. The second-order valence-electron chi connectivity index (χ2n) is 7.43. The highest BCUT2D eigenvalue weighted by Crippen LogP contribution is 2.32. The molecule has 11 nitrogen and oxygen atoms in total. The van der Waals surface area contributed by atoms with E-state index in [4.69, 9.17) is 9.47 Å². The quantitative estimate of drug-likeness (QED) is 0.555. The van der Waals surface area contributed by atoms with Gasteiger partial charge in [-0.05, 0) is 24.3 Å². The van der Waals surface area contributed by atoms with Crippen molar-refractivity contribution in [3.05, 3.63) is 35.8 Å². The zero-order valence-corrected chi connectivity index (χ0v) is 19.4. The van der Waals surface area contributed by atoms with Crippen molar-refractivity contribution in [2.24, 2.45) is 7.05 Å². The van der Waals surface area contributed by atoms with Gasteiger partial charge in [-0.25, -0.2) is 0 Å². The largest absolute Gasteiger partial charge is 0.497 e. The lowest BCUT2D eigenvalue weighted by Gasteiger charge is -2.16. The molecular weight excluding hydrogens is 412 g/mol. The van der Waals surface area contributed by atoms with Crippen LogP contribution in [0, 0.1) is 0 Å². The number of carbonyl (C=O) groups is 1. The minimum absolute atomic E-state index is 0.145. The summed E-state index contributed by atoms with van der Waals surface area (Å²) in [6.45, 7) is 0.145. The summed E-state index contributed by atoms with van der Waals surface area (Å²) >= 11 is 0. The van der Waals surface area contributed by atoms with Gasteiger partial charge in [-0.15, -0.1) is 0 Å². The Labute approximate surface area is 187 Å². The number of aromatic nitrogens is 5. The van der Waals surface area contributed by atoms with Gasteiger partial charge < -0.3 is 24.6 Å².